The Bertz CT molecular complexity index is 1060. The third kappa shape index (κ3) is 5.08. The molecule has 7 nitrogen and oxygen atoms in total. The molecule has 0 bridgehead atoms. The van der Waals surface area contributed by atoms with Crippen molar-refractivity contribution >= 4 is 49.1 Å². The van der Waals surface area contributed by atoms with Gasteiger partial charge in [-0.05, 0) is 65.2 Å². The molecule has 0 aliphatic carbocycles. The Kier molecular flexibility index (Phi) is 6.95. The number of hydrogen-bond acceptors (Lipinski definition) is 4. The summed E-state index contributed by atoms with van der Waals surface area (Å²) in [5.41, 5.74) is 1.27. The molecule has 3 rings (SSSR count). The van der Waals surface area contributed by atoms with Crippen LogP contribution in [-0.2, 0) is 14.8 Å². The van der Waals surface area contributed by atoms with Gasteiger partial charge in [-0.15, -0.1) is 0 Å². The summed E-state index contributed by atoms with van der Waals surface area (Å²) >= 11 is 3.33. The summed E-state index contributed by atoms with van der Waals surface area (Å²) in [6.07, 6.45) is 1.68. The third-order valence-electron chi connectivity index (χ3n) is 4.80. The van der Waals surface area contributed by atoms with Crippen molar-refractivity contribution in [2.45, 2.75) is 31.6 Å². The lowest BCUT2D eigenvalue weighted by Crippen LogP contribution is -2.28. The van der Waals surface area contributed by atoms with Gasteiger partial charge in [0.25, 0.3) is 5.91 Å². The van der Waals surface area contributed by atoms with E-state index in [4.69, 9.17) is 0 Å². The molecule has 0 unspecified atom stereocenters. The number of halogens is 1. The van der Waals surface area contributed by atoms with Crippen LogP contribution in [0.2, 0.25) is 0 Å². The van der Waals surface area contributed by atoms with Crippen LogP contribution in [0.15, 0.2) is 51.8 Å². The molecule has 2 aromatic carbocycles. The molecule has 1 fully saturated rings. The zero-order chi connectivity index (χ0) is 21.9. The molecule has 30 heavy (non-hydrogen) atoms. The van der Waals surface area contributed by atoms with E-state index in [2.05, 4.69) is 26.6 Å². The van der Waals surface area contributed by atoms with Gasteiger partial charge >= 0.3 is 0 Å². The molecule has 9 heteroatoms. The molecular weight excluding hydrogens is 470 g/mol. The zero-order valence-electron chi connectivity index (χ0n) is 16.8. The molecule has 2 aromatic rings. The largest absolute Gasteiger partial charge is 0.326 e. The monoisotopic (exact) mass is 493 g/mol. The van der Waals surface area contributed by atoms with Gasteiger partial charge in [0.15, 0.2) is 0 Å². The summed E-state index contributed by atoms with van der Waals surface area (Å²) in [6, 6.07) is 11.2. The SMILES string of the molecule is CC(C)C(=O)Nc1cccc(NC(=O)c2cc(S(=O)(=O)N3CCCC3)ccc2Br)c1. The number of nitrogens with one attached hydrogen (secondary N) is 2. The lowest BCUT2D eigenvalue weighted by atomic mass is 10.2. The molecule has 0 spiro atoms. The van der Waals surface area contributed by atoms with E-state index < -0.39 is 15.9 Å². The van der Waals surface area contributed by atoms with Crippen LogP contribution in [0.5, 0.6) is 0 Å². The van der Waals surface area contributed by atoms with E-state index in [0.717, 1.165) is 12.8 Å². The van der Waals surface area contributed by atoms with Crippen LogP contribution in [0.4, 0.5) is 11.4 Å². The Hall–Kier alpha value is -2.23. The van der Waals surface area contributed by atoms with E-state index in [1.54, 1.807) is 44.2 Å². The van der Waals surface area contributed by atoms with Crippen LogP contribution >= 0.6 is 15.9 Å². The minimum atomic E-state index is -3.63. The fourth-order valence-electron chi connectivity index (χ4n) is 3.08. The van der Waals surface area contributed by atoms with Crippen molar-refractivity contribution < 1.29 is 18.0 Å². The standard InChI is InChI=1S/C21H24BrN3O4S/c1-14(2)20(26)23-15-6-5-7-16(12-15)24-21(27)18-13-17(8-9-19(18)22)30(28,29)25-10-3-4-11-25/h5-9,12-14H,3-4,10-11H2,1-2H3,(H,23,26)(H,24,27). The van der Waals surface area contributed by atoms with Gasteiger partial charge < -0.3 is 10.6 Å². The van der Waals surface area contributed by atoms with Gasteiger partial charge in [-0.1, -0.05) is 19.9 Å². The van der Waals surface area contributed by atoms with Gasteiger partial charge in [0, 0.05) is 34.9 Å². The Morgan fingerprint density at radius 1 is 1.00 bits per heavy atom. The quantitative estimate of drug-likeness (QED) is 0.633. The minimum absolute atomic E-state index is 0.0932. The first kappa shape index (κ1) is 22.5. The third-order valence-corrected chi connectivity index (χ3v) is 7.38. The number of sulfonamides is 1. The Balaban J connectivity index is 1.81. The highest BCUT2D eigenvalue weighted by Gasteiger charge is 2.28. The lowest BCUT2D eigenvalue weighted by molar-refractivity contribution is -0.118. The van der Waals surface area contributed by atoms with Crippen LogP contribution in [0, 0.1) is 5.92 Å². The second-order valence-electron chi connectivity index (χ2n) is 7.43. The van der Waals surface area contributed by atoms with E-state index >= 15 is 0 Å². The summed E-state index contributed by atoms with van der Waals surface area (Å²) in [5.74, 6) is -0.742. The smallest absolute Gasteiger partial charge is 0.256 e. The average molecular weight is 494 g/mol. The second-order valence-corrected chi connectivity index (χ2v) is 10.2. The number of carbonyl (C=O) groups is 2. The molecular formula is C21H24BrN3O4S. The predicted octanol–water partition coefficient (Wildman–Crippen LogP) is 4.08. The van der Waals surface area contributed by atoms with Crippen LogP contribution in [-0.4, -0.2) is 37.6 Å². The highest BCUT2D eigenvalue weighted by Crippen LogP contribution is 2.26. The fraction of sp³-hybridized carbons (Fsp3) is 0.333. The van der Waals surface area contributed by atoms with E-state index in [9.17, 15) is 18.0 Å². The maximum absolute atomic E-state index is 12.8. The number of carbonyl (C=O) groups excluding carboxylic acids is 2. The second kappa shape index (κ2) is 9.28. The molecule has 160 valence electrons. The summed E-state index contributed by atoms with van der Waals surface area (Å²) in [7, 11) is -3.63. The molecule has 0 radical (unpaired) electrons. The Morgan fingerprint density at radius 2 is 1.63 bits per heavy atom. The molecule has 2 N–H and O–H groups in total. The van der Waals surface area contributed by atoms with E-state index in [1.165, 1.54) is 16.4 Å². The number of amides is 2. The normalized spacial score (nSPS) is 14.7. The van der Waals surface area contributed by atoms with Gasteiger partial charge in [0.1, 0.15) is 0 Å². The average Bonchev–Trinajstić information content (AvgIpc) is 3.24. The maximum atomic E-state index is 12.8. The van der Waals surface area contributed by atoms with Crippen molar-refractivity contribution in [3.8, 4) is 0 Å². The van der Waals surface area contributed by atoms with Crippen LogP contribution in [0.25, 0.3) is 0 Å². The number of benzene rings is 2. The van der Waals surface area contributed by atoms with Crippen molar-refractivity contribution in [3.05, 3.63) is 52.5 Å². The summed E-state index contributed by atoms with van der Waals surface area (Å²) in [4.78, 5) is 24.8. The molecule has 0 atom stereocenters. The van der Waals surface area contributed by atoms with Gasteiger partial charge in [-0.3, -0.25) is 9.59 Å². The van der Waals surface area contributed by atoms with Crippen molar-refractivity contribution in [2.75, 3.05) is 23.7 Å². The van der Waals surface area contributed by atoms with Crippen molar-refractivity contribution in [1.29, 1.82) is 0 Å². The number of rotatable bonds is 6. The van der Waals surface area contributed by atoms with E-state index in [0.29, 0.717) is 28.9 Å². The van der Waals surface area contributed by atoms with E-state index in [-0.39, 0.29) is 22.3 Å². The van der Waals surface area contributed by atoms with Crippen molar-refractivity contribution in [3.63, 3.8) is 0 Å². The Morgan fingerprint density at radius 3 is 2.27 bits per heavy atom. The predicted molar refractivity (Wildman–Crippen MR) is 120 cm³/mol. The van der Waals surface area contributed by atoms with Crippen molar-refractivity contribution in [2.24, 2.45) is 5.92 Å². The highest BCUT2D eigenvalue weighted by molar-refractivity contribution is 9.10. The molecule has 1 heterocycles. The molecule has 1 aliphatic rings. The topological polar surface area (TPSA) is 95.6 Å². The first-order chi connectivity index (χ1) is 14.2. The zero-order valence-corrected chi connectivity index (χ0v) is 19.2. The van der Waals surface area contributed by atoms with Gasteiger partial charge in [-0.25, -0.2) is 8.42 Å². The molecule has 2 amide bonds. The minimum Gasteiger partial charge on any atom is -0.326 e. The summed E-state index contributed by atoms with van der Waals surface area (Å²) in [5, 5.41) is 5.54. The fourth-order valence-corrected chi connectivity index (χ4v) is 5.05. The van der Waals surface area contributed by atoms with Gasteiger partial charge in [0.2, 0.25) is 15.9 Å². The first-order valence-electron chi connectivity index (χ1n) is 9.70. The van der Waals surface area contributed by atoms with Crippen molar-refractivity contribution in [1.82, 2.24) is 4.31 Å². The highest BCUT2D eigenvalue weighted by atomic mass is 79.9. The summed E-state index contributed by atoms with van der Waals surface area (Å²) in [6.45, 7) is 4.58. The maximum Gasteiger partial charge on any atom is 0.256 e. The van der Waals surface area contributed by atoms with Crippen LogP contribution < -0.4 is 10.6 Å². The van der Waals surface area contributed by atoms with Gasteiger partial charge in [-0.2, -0.15) is 4.31 Å². The lowest BCUT2D eigenvalue weighted by Gasteiger charge is -2.16. The molecule has 0 saturated carbocycles. The van der Waals surface area contributed by atoms with E-state index in [1.807, 2.05) is 0 Å². The number of hydrogen-bond donors (Lipinski definition) is 2. The number of nitrogens with zero attached hydrogens (tertiary/aromatic N) is 1. The first-order valence-corrected chi connectivity index (χ1v) is 11.9. The summed E-state index contributed by atoms with van der Waals surface area (Å²) < 4.78 is 27.6. The Labute approximate surface area is 185 Å². The van der Waals surface area contributed by atoms with Crippen LogP contribution in [0.3, 0.4) is 0 Å². The van der Waals surface area contributed by atoms with Gasteiger partial charge in [0.05, 0.1) is 10.5 Å². The molecule has 1 aliphatic heterocycles. The molecule has 0 aromatic heterocycles. The van der Waals surface area contributed by atoms with Crippen LogP contribution in [0.1, 0.15) is 37.0 Å². The number of anilines is 2. The molecule has 1 saturated heterocycles.